The number of carbonyl (C=O) groups is 1. The fourth-order valence-electron chi connectivity index (χ4n) is 1.86. The van der Waals surface area contributed by atoms with Crippen molar-refractivity contribution in [2.75, 3.05) is 11.9 Å². The summed E-state index contributed by atoms with van der Waals surface area (Å²) in [5, 5.41) is 6.95. The standard InChI is InChI=1S/C15H20N4OS/c1-4-11-9-17-15(21-11)10(3)18-14(20)12-7-6-8-13(19-12)16-5-2/h6-10H,4-5H2,1-3H3,(H,16,19)(H,18,20). The maximum Gasteiger partial charge on any atom is 0.270 e. The molecule has 2 aromatic heterocycles. The Bertz CT molecular complexity index is 611. The summed E-state index contributed by atoms with van der Waals surface area (Å²) in [4.78, 5) is 22.1. The Kier molecular flexibility index (Phi) is 5.27. The van der Waals surface area contributed by atoms with Gasteiger partial charge >= 0.3 is 0 Å². The van der Waals surface area contributed by atoms with E-state index in [-0.39, 0.29) is 11.9 Å². The fourth-order valence-corrected chi connectivity index (χ4v) is 2.72. The molecular formula is C15H20N4OS. The molecule has 1 amide bonds. The molecule has 1 atom stereocenters. The quantitative estimate of drug-likeness (QED) is 0.861. The Balaban J connectivity index is 2.04. The summed E-state index contributed by atoms with van der Waals surface area (Å²) < 4.78 is 0. The lowest BCUT2D eigenvalue weighted by atomic mass is 10.3. The molecule has 6 heteroatoms. The van der Waals surface area contributed by atoms with Crippen LogP contribution in [0.25, 0.3) is 0 Å². The highest BCUT2D eigenvalue weighted by atomic mass is 32.1. The van der Waals surface area contributed by atoms with Crippen LogP contribution in [0.2, 0.25) is 0 Å². The third kappa shape index (κ3) is 4.01. The third-order valence-electron chi connectivity index (χ3n) is 2.98. The molecule has 0 aromatic carbocycles. The molecule has 21 heavy (non-hydrogen) atoms. The van der Waals surface area contributed by atoms with Crippen molar-refractivity contribution in [1.29, 1.82) is 0 Å². The lowest BCUT2D eigenvalue weighted by Crippen LogP contribution is -2.27. The number of nitrogens with one attached hydrogen (secondary N) is 2. The van der Waals surface area contributed by atoms with Crippen LogP contribution in [0, 0.1) is 0 Å². The van der Waals surface area contributed by atoms with Crippen LogP contribution >= 0.6 is 11.3 Å². The molecule has 0 aliphatic rings. The van der Waals surface area contributed by atoms with Crippen molar-refractivity contribution < 1.29 is 4.79 Å². The highest BCUT2D eigenvalue weighted by Gasteiger charge is 2.15. The molecule has 0 saturated heterocycles. The van der Waals surface area contributed by atoms with Crippen LogP contribution < -0.4 is 10.6 Å². The molecule has 1 unspecified atom stereocenters. The van der Waals surface area contributed by atoms with Crippen LogP contribution in [0.15, 0.2) is 24.4 Å². The zero-order valence-electron chi connectivity index (χ0n) is 12.5. The largest absolute Gasteiger partial charge is 0.370 e. The Morgan fingerprint density at radius 3 is 2.86 bits per heavy atom. The molecule has 5 nitrogen and oxygen atoms in total. The lowest BCUT2D eigenvalue weighted by Gasteiger charge is -2.11. The van der Waals surface area contributed by atoms with Crippen LogP contribution in [0.4, 0.5) is 5.82 Å². The van der Waals surface area contributed by atoms with E-state index in [2.05, 4.69) is 27.5 Å². The number of hydrogen-bond donors (Lipinski definition) is 2. The number of pyridine rings is 1. The van der Waals surface area contributed by atoms with Gasteiger partial charge in [-0.15, -0.1) is 11.3 Å². The molecule has 0 saturated carbocycles. The monoisotopic (exact) mass is 304 g/mol. The van der Waals surface area contributed by atoms with Crippen molar-refractivity contribution in [3.8, 4) is 0 Å². The van der Waals surface area contributed by atoms with Crippen molar-refractivity contribution >= 4 is 23.1 Å². The van der Waals surface area contributed by atoms with Crippen LogP contribution in [-0.4, -0.2) is 22.4 Å². The molecule has 2 aromatic rings. The minimum absolute atomic E-state index is 0.118. The summed E-state index contributed by atoms with van der Waals surface area (Å²) in [7, 11) is 0. The first-order valence-corrected chi connectivity index (χ1v) is 7.92. The number of amides is 1. The first-order valence-electron chi connectivity index (χ1n) is 7.10. The van der Waals surface area contributed by atoms with E-state index in [4.69, 9.17) is 0 Å². The number of nitrogens with zero attached hydrogens (tertiary/aromatic N) is 2. The van der Waals surface area contributed by atoms with E-state index in [9.17, 15) is 4.79 Å². The number of hydrogen-bond acceptors (Lipinski definition) is 5. The summed E-state index contributed by atoms with van der Waals surface area (Å²) in [5.74, 6) is 0.524. The molecule has 112 valence electrons. The third-order valence-corrected chi connectivity index (χ3v) is 4.30. The van der Waals surface area contributed by atoms with Gasteiger partial charge in [0, 0.05) is 17.6 Å². The summed E-state index contributed by atoms with van der Waals surface area (Å²) in [6.07, 6.45) is 2.83. The number of anilines is 1. The predicted octanol–water partition coefficient (Wildman–Crippen LogP) is 3.02. The zero-order valence-corrected chi connectivity index (χ0v) is 13.3. The summed E-state index contributed by atoms with van der Waals surface area (Å²) >= 11 is 1.63. The van der Waals surface area contributed by atoms with Crippen LogP contribution in [0.1, 0.15) is 47.2 Å². The van der Waals surface area contributed by atoms with Crippen LogP contribution in [-0.2, 0) is 6.42 Å². The average molecular weight is 304 g/mol. The normalized spacial score (nSPS) is 12.0. The maximum absolute atomic E-state index is 12.2. The molecule has 0 bridgehead atoms. The van der Waals surface area contributed by atoms with E-state index >= 15 is 0 Å². The number of aromatic nitrogens is 2. The van der Waals surface area contributed by atoms with E-state index in [1.165, 1.54) is 4.88 Å². The SMILES string of the molecule is CCNc1cccc(C(=O)NC(C)c2ncc(CC)s2)n1. The summed E-state index contributed by atoms with van der Waals surface area (Å²) in [5.41, 5.74) is 0.410. The lowest BCUT2D eigenvalue weighted by molar-refractivity contribution is 0.0935. The summed E-state index contributed by atoms with van der Waals surface area (Å²) in [6, 6.07) is 5.26. The Hall–Kier alpha value is -1.95. The van der Waals surface area contributed by atoms with E-state index < -0.39 is 0 Å². The first-order chi connectivity index (χ1) is 10.1. The molecule has 0 aliphatic heterocycles. The molecule has 2 N–H and O–H groups in total. The van der Waals surface area contributed by atoms with Crippen molar-refractivity contribution in [1.82, 2.24) is 15.3 Å². The molecule has 2 rings (SSSR count). The second kappa shape index (κ2) is 7.17. The highest BCUT2D eigenvalue weighted by Crippen LogP contribution is 2.20. The van der Waals surface area contributed by atoms with Gasteiger partial charge in [0.05, 0.1) is 6.04 Å². The molecule has 0 spiro atoms. The van der Waals surface area contributed by atoms with Gasteiger partial charge in [-0.3, -0.25) is 4.79 Å². The zero-order chi connectivity index (χ0) is 15.2. The highest BCUT2D eigenvalue weighted by molar-refractivity contribution is 7.11. The number of carbonyl (C=O) groups excluding carboxylic acids is 1. The second-order valence-corrected chi connectivity index (χ2v) is 5.80. The van der Waals surface area contributed by atoms with Gasteiger partial charge in [-0.2, -0.15) is 0 Å². The Morgan fingerprint density at radius 1 is 1.38 bits per heavy atom. The first kappa shape index (κ1) is 15.4. The van der Waals surface area contributed by atoms with Gasteiger partial charge in [-0.05, 0) is 32.4 Å². The van der Waals surface area contributed by atoms with Gasteiger partial charge in [0.2, 0.25) is 0 Å². The van der Waals surface area contributed by atoms with Crippen molar-refractivity contribution in [2.24, 2.45) is 0 Å². The minimum atomic E-state index is -0.185. The molecule has 0 radical (unpaired) electrons. The van der Waals surface area contributed by atoms with Crippen LogP contribution in [0.5, 0.6) is 0 Å². The van der Waals surface area contributed by atoms with Gasteiger partial charge in [0.25, 0.3) is 5.91 Å². The average Bonchev–Trinajstić information content (AvgIpc) is 2.97. The second-order valence-electron chi connectivity index (χ2n) is 4.65. The van der Waals surface area contributed by atoms with Gasteiger partial charge in [0.15, 0.2) is 0 Å². The van der Waals surface area contributed by atoms with Crippen molar-refractivity contribution in [3.05, 3.63) is 40.0 Å². The summed E-state index contributed by atoms with van der Waals surface area (Å²) in [6.45, 7) is 6.79. The molecule has 2 heterocycles. The van der Waals surface area contributed by atoms with E-state index in [0.29, 0.717) is 11.5 Å². The van der Waals surface area contributed by atoms with Crippen molar-refractivity contribution in [2.45, 2.75) is 33.2 Å². The Morgan fingerprint density at radius 2 is 2.19 bits per heavy atom. The number of thiazole rings is 1. The van der Waals surface area contributed by atoms with E-state index in [1.54, 1.807) is 17.4 Å². The minimum Gasteiger partial charge on any atom is -0.370 e. The van der Waals surface area contributed by atoms with Crippen molar-refractivity contribution in [3.63, 3.8) is 0 Å². The molecular weight excluding hydrogens is 284 g/mol. The Labute approximate surface area is 128 Å². The molecule has 0 aliphatic carbocycles. The molecule has 0 fully saturated rings. The topological polar surface area (TPSA) is 66.9 Å². The van der Waals surface area contributed by atoms with Gasteiger partial charge < -0.3 is 10.6 Å². The smallest absolute Gasteiger partial charge is 0.270 e. The fraction of sp³-hybridized carbons (Fsp3) is 0.400. The number of aryl methyl sites for hydroxylation is 1. The van der Waals surface area contributed by atoms with Gasteiger partial charge in [-0.1, -0.05) is 13.0 Å². The van der Waals surface area contributed by atoms with Crippen LogP contribution in [0.3, 0.4) is 0 Å². The van der Waals surface area contributed by atoms with Gasteiger partial charge in [-0.25, -0.2) is 9.97 Å². The van der Waals surface area contributed by atoms with E-state index in [0.717, 1.165) is 18.0 Å². The van der Waals surface area contributed by atoms with E-state index in [1.807, 2.05) is 32.2 Å². The maximum atomic E-state index is 12.2. The predicted molar refractivity (Wildman–Crippen MR) is 85.8 cm³/mol. The van der Waals surface area contributed by atoms with Gasteiger partial charge in [0.1, 0.15) is 16.5 Å². The number of rotatable bonds is 6.